The van der Waals surface area contributed by atoms with E-state index < -0.39 is 0 Å². The van der Waals surface area contributed by atoms with Gasteiger partial charge in [0.25, 0.3) is 0 Å². The Labute approximate surface area is 171 Å². The van der Waals surface area contributed by atoms with E-state index >= 15 is 0 Å². The van der Waals surface area contributed by atoms with E-state index in [2.05, 4.69) is 34.8 Å². The summed E-state index contributed by atoms with van der Waals surface area (Å²) < 4.78 is 5.89. The van der Waals surface area contributed by atoms with Gasteiger partial charge in [-0.25, -0.2) is 4.98 Å². The van der Waals surface area contributed by atoms with E-state index in [1.165, 1.54) is 19.3 Å². The van der Waals surface area contributed by atoms with Crippen molar-refractivity contribution < 1.29 is 9.21 Å². The molecule has 0 radical (unpaired) electrons. The van der Waals surface area contributed by atoms with Gasteiger partial charge in [-0.1, -0.05) is 13.8 Å². The van der Waals surface area contributed by atoms with Crippen LogP contribution in [0.25, 0.3) is 11.1 Å². The molecule has 2 fully saturated rings. The minimum Gasteiger partial charge on any atom is -0.442 e. The highest BCUT2D eigenvalue weighted by atomic mass is 16.3. The topological polar surface area (TPSA) is 59.2 Å². The molecule has 0 amide bonds. The largest absolute Gasteiger partial charge is 0.442 e. The molecule has 5 heteroatoms. The molecule has 2 atom stereocenters. The summed E-state index contributed by atoms with van der Waals surface area (Å²) in [6, 6.07) is 7.87. The summed E-state index contributed by atoms with van der Waals surface area (Å²) in [5.41, 5.74) is 3.13. The molecule has 1 aliphatic heterocycles. The summed E-state index contributed by atoms with van der Waals surface area (Å²) >= 11 is 0. The van der Waals surface area contributed by atoms with Crippen molar-refractivity contribution in [2.24, 2.45) is 11.8 Å². The molecular formula is C24H27N3O2. The van der Waals surface area contributed by atoms with Crippen molar-refractivity contribution in [3.8, 4) is 0 Å². The van der Waals surface area contributed by atoms with E-state index in [4.69, 9.17) is 4.42 Å². The molecule has 5 nitrogen and oxygen atoms in total. The number of hydrogen-bond donors (Lipinski definition) is 0. The molecule has 2 aliphatic rings. The molecule has 5 rings (SSSR count). The minimum atomic E-state index is 0.00336. The summed E-state index contributed by atoms with van der Waals surface area (Å²) in [7, 11) is 0. The normalized spacial score (nSPS) is 22.2. The molecule has 3 aromatic rings. The third kappa shape index (κ3) is 3.78. The van der Waals surface area contributed by atoms with Gasteiger partial charge in [-0.05, 0) is 55.4 Å². The van der Waals surface area contributed by atoms with Crippen molar-refractivity contribution in [2.45, 2.75) is 45.4 Å². The van der Waals surface area contributed by atoms with E-state index in [-0.39, 0.29) is 5.78 Å². The first kappa shape index (κ1) is 18.3. The number of rotatable bonds is 5. The minimum absolute atomic E-state index is 0.00336. The zero-order valence-corrected chi connectivity index (χ0v) is 17.1. The highest BCUT2D eigenvalue weighted by Gasteiger charge is 2.28. The van der Waals surface area contributed by atoms with Crippen molar-refractivity contribution >= 4 is 22.6 Å². The maximum Gasteiger partial charge on any atom is 0.226 e. The SMILES string of the molecule is C[C@@H]1C[C@H](C)CN(c2ccncc2CC(=O)c2ccc3cc(C4CC4)oc3n2)C1. The van der Waals surface area contributed by atoms with Gasteiger partial charge in [-0.2, -0.15) is 0 Å². The molecule has 0 aromatic carbocycles. The van der Waals surface area contributed by atoms with Gasteiger partial charge in [0.15, 0.2) is 5.78 Å². The van der Waals surface area contributed by atoms with Crippen LogP contribution in [0.1, 0.15) is 60.8 Å². The first-order valence-corrected chi connectivity index (χ1v) is 10.7. The Hall–Kier alpha value is -2.69. The molecule has 150 valence electrons. The van der Waals surface area contributed by atoms with E-state index in [1.807, 2.05) is 30.6 Å². The molecule has 1 aliphatic carbocycles. The lowest BCUT2D eigenvalue weighted by atomic mass is 9.91. The summed E-state index contributed by atoms with van der Waals surface area (Å²) in [5.74, 6) is 2.84. The maximum absolute atomic E-state index is 13.0. The Morgan fingerprint density at radius 2 is 1.97 bits per heavy atom. The number of fused-ring (bicyclic) bond motifs is 1. The van der Waals surface area contributed by atoms with E-state index in [9.17, 15) is 4.79 Å². The van der Waals surface area contributed by atoms with Gasteiger partial charge in [0, 0.05) is 54.5 Å². The number of pyridine rings is 2. The van der Waals surface area contributed by atoms with Crippen LogP contribution in [0.5, 0.6) is 0 Å². The summed E-state index contributed by atoms with van der Waals surface area (Å²) in [5, 5.41) is 0.974. The number of hydrogen-bond acceptors (Lipinski definition) is 5. The predicted molar refractivity (Wildman–Crippen MR) is 113 cm³/mol. The summed E-state index contributed by atoms with van der Waals surface area (Å²) in [6.07, 6.45) is 7.57. The van der Waals surface area contributed by atoms with Crippen LogP contribution in [0.3, 0.4) is 0 Å². The first-order chi connectivity index (χ1) is 14.1. The number of carbonyl (C=O) groups excluding carboxylic acids is 1. The van der Waals surface area contributed by atoms with Crippen LogP contribution in [-0.4, -0.2) is 28.8 Å². The number of anilines is 1. The molecular weight excluding hydrogens is 362 g/mol. The molecule has 0 bridgehead atoms. The fourth-order valence-electron chi connectivity index (χ4n) is 4.65. The van der Waals surface area contributed by atoms with Crippen molar-refractivity contribution in [1.29, 1.82) is 0 Å². The number of furan rings is 1. The molecule has 1 saturated carbocycles. The zero-order valence-electron chi connectivity index (χ0n) is 17.1. The standard InChI is InChI=1S/C24H27N3O2/c1-15-9-16(2)14-27(13-15)21-7-8-25-12-19(21)10-22(28)20-6-5-18-11-23(17-3-4-17)29-24(18)26-20/h5-8,11-12,15-17H,3-4,9-10,13-14H2,1-2H3/t15-,16+. The third-order valence-corrected chi connectivity index (χ3v) is 6.11. The fourth-order valence-corrected chi connectivity index (χ4v) is 4.65. The van der Waals surface area contributed by atoms with Gasteiger partial charge < -0.3 is 9.32 Å². The highest BCUT2D eigenvalue weighted by Crippen LogP contribution is 2.42. The predicted octanol–water partition coefficient (Wildman–Crippen LogP) is 5.01. The number of aromatic nitrogens is 2. The molecule has 0 N–H and O–H groups in total. The van der Waals surface area contributed by atoms with Crippen LogP contribution >= 0.6 is 0 Å². The van der Waals surface area contributed by atoms with Gasteiger partial charge in [0.05, 0.1) is 0 Å². The van der Waals surface area contributed by atoms with Crippen LogP contribution in [0.15, 0.2) is 41.1 Å². The van der Waals surface area contributed by atoms with E-state index in [0.717, 1.165) is 35.5 Å². The smallest absolute Gasteiger partial charge is 0.226 e. The third-order valence-electron chi connectivity index (χ3n) is 6.11. The maximum atomic E-state index is 13.0. The molecule has 29 heavy (non-hydrogen) atoms. The van der Waals surface area contributed by atoms with Gasteiger partial charge in [0.2, 0.25) is 5.71 Å². The number of carbonyl (C=O) groups is 1. The van der Waals surface area contributed by atoms with Crippen LogP contribution in [0.2, 0.25) is 0 Å². The Morgan fingerprint density at radius 1 is 1.17 bits per heavy atom. The number of piperidine rings is 1. The molecule has 0 spiro atoms. The van der Waals surface area contributed by atoms with Gasteiger partial charge in [-0.3, -0.25) is 9.78 Å². The quantitative estimate of drug-likeness (QED) is 0.574. The van der Waals surface area contributed by atoms with E-state index in [1.54, 1.807) is 0 Å². The van der Waals surface area contributed by atoms with Gasteiger partial charge in [-0.15, -0.1) is 0 Å². The van der Waals surface area contributed by atoms with Crippen molar-refractivity contribution in [1.82, 2.24) is 9.97 Å². The molecule has 3 aromatic heterocycles. The highest BCUT2D eigenvalue weighted by molar-refractivity contribution is 5.98. The second-order valence-corrected chi connectivity index (χ2v) is 8.97. The second-order valence-electron chi connectivity index (χ2n) is 8.97. The lowest BCUT2D eigenvalue weighted by molar-refractivity contribution is 0.0988. The monoisotopic (exact) mass is 389 g/mol. The van der Waals surface area contributed by atoms with Gasteiger partial charge >= 0.3 is 0 Å². The van der Waals surface area contributed by atoms with Crippen LogP contribution < -0.4 is 4.90 Å². The van der Waals surface area contributed by atoms with Gasteiger partial charge in [0.1, 0.15) is 11.5 Å². The number of ketones is 1. The average molecular weight is 389 g/mol. The van der Waals surface area contributed by atoms with Crippen LogP contribution in [0, 0.1) is 11.8 Å². The average Bonchev–Trinajstić information content (AvgIpc) is 3.46. The summed E-state index contributed by atoms with van der Waals surface area (Å²) in [6.45, 7) is 6.65. The number of nitrogens with zero attached hydrogens (tertiary/aromatic N) is 3. The van der Waals surface area contributed by atoms with Crippen LogP contribution in [0.4, 0.5) is 5.69 Å². The first-order valence-electron chi connectivity index (χ1n) is 10.7. The zero-order chi connectivity index (χ0) is 20.0. The summed E-state index contributed by atoms with van der Waals surface area (Å²) in [4.78, 5) is 24.2. The Morgan fingerprint density at radius 3 is 2.72 bits per heavy atom. The Kier molecular flexibility index (Phi) is 4.61. The Balaban J connectivity index is 1.39. The van der Waals surface area contributed by atoms with Crippen molar-refractivity contribution in [3.05, 3.63) is 53.7 Å². The molecule has 4 heterocycles. The van der Waals surface area contributed by atoms with Crippen LogP contribution in [-0.2, 0) is 6.42 Å². The lowest BCUT2D eigenvalue weighted by Gasteiger charge is -2.37. The second kappa shape index (κ2) is 7.29. The molecule has 1 saturated heterocycles. The van der Waals surface area contributed by atoms with Crippen molar-refractivity contribution in [3.63, 3.8) is 0 Å². The Bertz CT molecular complexity index is 1040. The van der Waals surface area contributed by atoms with Crippen molar-refractivity contribution in [2.75, 3.05) is 18.0 Å². The fraction of sp³-hybridized carbons (Fsp3) is 0.458. The molecule has 0 unspecified atom stereocenters. The van der Waals surface area contributed by atoms with E-state index in [0.29, 0.717) is 35.6 Å². The lowest BCUT2D eigenvalue weighted by Crippen LogP contribution is -2.39. The number of Topliss-reactive ketones (excluding diaryl/α,β-unsaturated/α-hetero) is 1.